The standard InChI is InChI=1S/C15H14N6O4S/c1-9(7-19-8-10(6-16-19)21(24)25)13(22)18-20-14(23)11-4-2-3-5-12(11)17-15(20)26/h2-6,8-9H,7H2,1H3,(H,17,26)(H,18,22). The highest BCUT2D eigenvalue weighted by Gasteiger charge is 2.18. The van der Waals surface area contributed by atoms with E-state index in [4.69, 9.17) is 12.2 Å². The van der Waals surface area contributed by atoms with Gasteiger partial charge in [0, 0.05) is 0 Å². The number of rotatable bonds is 5. The van der Waals surface area contributed by atoms with Crippen LogP contribution in [0.15, 0.2) is 41.5 Å². The second-order valence-corrected chi connectivity index (χ2v) is 6.06. The van der Waals surface area contributed by atoms with Crippen molar-refractivity contribution in [1.29, 1.82) is 0 Å². The third-order valence-electron chi connectivity index (χ3n) is 3.77. The average Bonchev–Trinajstić information content (AvgIpc) is 3.07. The first-order valence-corrected chi connectivity index (χ1v) is 7.99. The lowest BCUT2D eigenvalue weighted by Crippen LogP contribution is -2.38. The molecule has 1 atom stereocenters. The number of aromatic amines is 1. The molecule has 2 N–H and O–H groups in total. The van der Waals surface area contributed by atoms with Crippen molar-refractivity contribution >= 4 is 34.7 Å². The van der Waals surface area contributed by atoms with Gasteiger partial charge in [-0.1, -0.05) is 19.1 Å². The molecular formula is C15H14N6O4S. The van der Waals surface area contributed by atoms with E-state index in [0.29, 0.717) is 10.9 Å². The minimum absolute atomic E-state index is 0.0592. The Morgan fingerprint density at radius 3 is 2.88 bits per heavy atom. The molecule has 0 spiro atoms. The SMILES string of the molecule is CC(Cn1cc([N+](=O)[O-])cn1)C(=O)Nn1c(=S)[nH]c2ccccc2c1=O. The van der Waals surface area contributed by atoms with Gasteiger partial charge in [0.1, 0.15) is 12.4 Å². The van der Waals surface area contributed by atoms with E-state index in [1.54, 1.807) is 31.2 Å². The Kier molecular flexibility index (Phi) is 4.63. The predicted molar refractivity (Wildman–Crippen MR) is 95.8 cm³/mol. The van der Waals surface area contributed by atoms with Crippen molar-refractivity contribution in [2.45, 2.75) is 13.5 Å². The first kappa shape index (κ1) is 17.5. The van der Waals surface area contributed by atoms with E-state index in [2.05, 4.69) is 15.5 Å². The summed E-state index contributed by atoms with van der Waals surface area (Å²) in [6.07, 6.45) is 2.34. The maximum absolute atomic E-state index is 12.5. The van der Waals surface area contributed by atoms with Crippen LogP contribution in [-0.2, 0) is 11.3 Å². The number of fused-ring (bicyclic) bond motifs is 1. The number of nitrogens with one attached hydrogen (secondary N) is 2. The molecular weight excluding hydrogens is 360 g/mol. The highest BCUT2D eigenvalue weighted by Crippen LogP contribution is 2.10. The van der Waals surface area contributed by atoms with Crippen molar-refractivity contribution in [3.63, 3.8) is 0 Å². The Morgan fingerprint density at radius 1 is 1.46 bits per heavy atom. The Hall–Kier alpha value is -3.34. The van der Waals surface area contributed by atoms with Crippen LogP contribution < -0.4 is 11.0 Å². The van der Waals surface area contributed by atoms with Crippen molar-refractivity contribution in [3.05, 3.63) is 61.9 Å². The molecule has 1 amide bonds. The van der Waals surface area contributed by atoms with Gasteiger partial charge in [0.15, 0.2) is 4.77 Å². The number of carbonyl (C=O) groups excluding carboxylic acids is 1. The Bertz CT molecular complexity index is 1120. The molecule has 2 heterocycles. The van der Waals surface area contributed by atoms with Gasteiger partial charge in [-0.25, -0.2) is 0 Å². The molecule has 2 aromatic heterocycles. The monoisotopic (exact) mass is 374 g/mol. The van der Waals surface area contributed by atoms with E-state index in [0.717, 1.165) is 10.9 Å². The maximum atomic E-state index is 12.5. The summed E-state index contributed by atoms with van der Waals surface area (Å²) >= 11 is 5.13. The molecule has 0 radical (unpaired) electrons. The van der Waals surface area contributed by atoms with Crippen molar-refractivity contribution in [1.82, 2.24) is 19.4 Å². The largest absolute Gasteiger partial charge is 0.330 e. The van der Waals surface area contributed by atoms with Crippen molar-refractivity contribution in [2.75, 3.05) is 5.43 Å². The third kappa shape index (κ3) is 3.37. The van der Waals surface area contributed by atoms with Crippen LogP contribution in [0.2, 0.25) is 0 Å². The van der Waals surface area contributed by atoms with Crippen LogP contribution in [0.1, 0.15) is 6.92 Å². The van der Waals surface area contributed by atoms with Gasteiger partial charge in [0.25, 0.3) is 5.56 Å². The molecule has 0 aliphatic heterocycles. The Labute approximate surface area is 151 Å². The second-order valence-electron chi connectivity index (χ2n) is 5.67. The summed E-state index contributed by atoms with van der Waals surface area (Å²) in [5.74, 6) is -1.08. The van der Waals surface area contributed by atoms with Gasteiger partial charge in [-0.05, 0) is 24.4 Å². The first-order chi connectivity index (χ1) is 12.4. The molecule has 11 heteroatoms. The molecule has 3 rings (SSSR count). The summed E-state index contributed by atoms with van der Waals surface area (Å²) in [5, 5.41) is 14.9. The fourth-order valence-corrected chi connectivity index (χ4v) is 2.63. The number of nitro groups is 1. The Morgan fingerprint density at radius 2 is 2.19 bits per heavy atom. The number of H-pyrrole nitrogens is 1. The molecule has 0 aliphatic carbocycles. The number of carbonyl (C=O) groups is 1. The molecule has 3 aromatic rings. The van der Waals surface area contributed by atoms with E-state index in [9.17, 15) is 19.7 Å². The van der Waals surface area contributed by atoms with Crippen LogP contribution >= 0.6 is 12.2 Å². The lowest BCUT2D eigenvalue weighted by molar-refractivity contribution is -0.385. The lowest BCUT2D eigenvalue weighted by Gasteiger charge is -2.14. The molecule has 0 bridgehead atoms. The summed E-state index contributed by atoms with van der Waals surface area (Å²) in [7, 11) is 0. The molecule has 0 fully saturated rings. The van der Waals surface area contributed by atoms with E-state index in [-0.39, 0.29) is 17.0 Å². The topological polar surface area (TPSA) is 128 Å². The normalized spacial score (nSPS) is 12.0. The van der Waals surface area contributed by atoms with E-state index >= 15 is 0 Å². The summed E-state index contributed by atoms with van der Waals surface area (Å²) in [6.45, 7) is 1.72. The van der Waals surface area contributed by atoms with Gasteiger partial charge in [0.2, 0.25) is 5.91 Å². The number of para-hydroxylation sites is 1. The number of amides is 1. The van der Waals surface area contributed by atoms with E-state index in [1.165, 1.54) is 10.9 Å². The van der Waals surface area contributed by atoms with Crippen LogP contribution in [0, 0.1) is 20.8 Å². The van der Waals surface area contributed by atoms with Crippen LogP contribution in [0.25, 0.3) is 10.9 Å². The molecule has 0 saturated heterocycles. The highest BCUT2D eigenvalue weighted by molar-refractivity contribution is 7.71. The molecule has 26 heavy (non-hydrogen) atoms. The smallest absolute Gasteiger partial charge is 0.306 e. The first-order valence-electron chi connectivity index (χ1n) is 7.58. The fourth-order valence-electron chi connectivity index (χ4n) is 2.39. The van der Waals surface area contributed by atoms with Crippen molar-refractivity contribution < 1.29 is 9.72 Å². The molecule has 134 valence electrons. The van der Waals surface area contributed by atoms with Gasteiger partial charge < -0.3 is 4.98 Å². The summed E-state index contributed by atoms with van der Waals surface area (Å²) < 4.78 is 2.33. The van der Waals surface area contributed by atoms with Crippen LogP contribution in [0.5, 0.6) is 0 Å². The molecule has 0 saturated carbocycles. The summed E-state index contributed by atoms with van der Waals surface area (Å²) in [6, 6.07) is 6.81. The number of nitrogens with zero attached hydrogens (tertiary/aromatic N) is 4. The Balaban J connectivity index is 1.81. The van der Waals surface area contributed by atoms with Crippen molar-refractivity contribution in [3.8, 4) is 0 Å². The fraction of sp³-hybridized carbons (Fsp3) is 0.200. The second kappa shape index (κ2) is 6.88. The number of benzene rings is 1. The quantitative estimate of drug-likeness (QED) is 0.396. The zero-order valence-electron chi connectivity index (χ0n) is 13.6. The van der Waals surface area contributed by atoms with Crippen molar-refractivity contribution in [2.24, 2.45) is 5.92 Å². The number of aromatic nitrogens is 4. The number of hydrogen-bond donors (Lipinski definition) is 2. The maximum Gasteiger partial charge on any atom is 0.306 e. The zero-order valence-corrected chi connectivity index (χ0v) is 14.4. The number of hydrogen-bond acceptors (Lipinski definition) is 6. The average molecular weight is 374 g/mol. The van der Waals surface area contributed by atoms with E-state index < -0.39 is 22.3 Å². The van der Waals surface area contributed by atoms with Gasteiger partial charge in [-0.3, -0.25) is 29.8 Å². The predicted octanol–water partition coefficient (Wildman–Crippen LogP) is 1.57. The molecule has 1 aromatic carbocycles. The van der Waals surface area contributed by atoms with Gasteiger partial charge in [-0.15, -0.1) is 0 Å². The van der Waals surface area contributed by atoms with Gasteiger partial charge >= 0.3 is 5.69 Å². The minimum atomic E-state index is -0.609. The summed E-state index contributed by atoms with van der Waals surface area (Å²) in [5.41, 5.74) is 2.44. The van der Waals surface area contributed by atoms with Crippen LogP contribution in [-0.4, -0.2) is 30.3 Å². The molecule has 0 aliphatic rings. The molecule has 10 nitrogen and oxygen atoms in total. The van der Waals surface area contributed by atoms with Crippen LogP contribution in [0.3, 0.4) is 0 Å². The van der Waals surface area contributed by atoms with Gasteiger partial charge in [0.05, 0.1) is 28.3 Å². The zero-order chi connectivity index (χ0) is 18.8. The minimum Gasteiger partial charge on any atom is -0.330 e. The lowest BCUT2D eigenvalue weighted by atomic mass is 10.2. The van der Waals surface area contributed by atoms with Crippen LogP contribution in [0.4, 0.5) is 5.69 Å². The van der Waals surface area contributed by atoms with Gasteiger partial charge in [-0.2, -0.15) is 9.77 Å². The third-order valence-corrected chi connectivity index (χ3v) is 4.05. The molecule has 1 unspecified atom stereocenters. The van der Waals surface area contributed by atoms with E-state index in [1.807, 2.05) is 0 Å². The summed E-state index contributed by atoms with van der Waals surface area (Å²) in [4.78, 5) is 37.9. The highest BCUT2D eigenvalue weighted by atomic mass is 32.1.